The first kappa shape index (κ1) is 25.2. The van der Waals surface area contributed by atoms with E-state index >= 15 is 0 Å². The average Bonchev–Trinajstić information content (AvgIpc) is 3.67. The Hall–Kier alpha value is -6.12. The Morgan fingerprint density at radius 1 is 0.370 bits per heavy atom. The number of aromatic nitrogens is 1. The Morgan fingerprint density at radius 3 is 1.67 bits per heavy atom. The molecule has 0 spiro atoms. The monoisotopic (exact) mass is 585 g/mol. The van der Waals surface area contributed by atoms with Gasteiger partial charge in [0.1, 0.15) is 11.2 Å². The molecule has 0 aliphatic rings. The maximum atomic E-state index is 6.34. The minimum atomic E-state index is 0.913. The number of para-hydroxylation sites is 3. The summed E-state index contributed by atoms with van der Waals surface area (Å²) in [6, 6.07) is 59.0. The van der Waals surface area contributed by atoms with Crippen molar-refractivity contribution in [3.05, 3.63) is 164 Å². The molecule has 0 atom stereocenters. The fourth-order valence-corrected chi connectivity index (χ4v) is 7.70. The number of furan rings is 1. The van der Waals surface area contributed by atoms with Crippen molar-refractivity contribution in [1.29, 1.82) is 0 Å². The van der Waals surface area contributed by atoms with Crippen LogP contribution >= 0.6 is 0 Å². The molecule has 0 radical (unpaired) electrons. The number of nitrogens with zero attached hydrogens (tertiary/aromatic N) is 1. The number of benzene rings is 8. The Bertz CT molecular complexity index is 2740. The van der Waals surface area contributed by atoms with Crippen LogP contribution < -0.4 is 0 Å². The Balaban J connectivity index is 1.31. The molecule has 0 amide bonds. The second-order valence-corrected chi connectivity index (χ2v) is 12.0. The summed E-state index contributed by atoms with van der Waals surface area (Å²) in [5.74, 6) is 0. The zero-order valence-corrected chi connectivity index (χ0v) is 24.9. The van der Waals surface area contributed by atoms with E-state index in [0.717, 1.165) is 21.9 Å². The smallest absolute Gasteiger partial charge is 0.136 e. The molecular formula is C44H27NO. The van der Waals surface area contributed by atoms with Gasteiger partial charge in [-0.05, 0) is 86.3 Å². The Kier molecular flexibility index (Phi) is 5.31. The van der Waals surface area contributed by atoms with Crippen molar-refractivity contribution in [1.82, 2.24) is 4.57 Å². The molecule has 0 saturated carbocycles. The van der Waals surface area contributed by atoms with Crippen LogP contribution in [0.15, 0.2) is 168 Å². The van der Waals surface area contributed by atoms with Crippen molar-refractivity contribution < 1.29 is 4.42 Å². The number of fused-ring (bicyclic) bond motifs is 8. The van der Waals surface area contributed by atoms with Gasteiger partial charge in [0.05, 0.1) is 11.0 Å². The molecule has 214 valence electrons. The summed E-state index contributed by atoms with van der Waals surface area (Å²) < 4.78 is 8.72. The summed E-state index contributed by atoms with van der Waals surface area (Å²) in [4.78, 5) is 0. The van der Waals surface area contributed by atoms with Crippen molar-refractivity contribution in [3.8, 4) is 27.9 Å². The van der Waals surface area contributed by atoms with Crippen LogP contribution in [0, 0.1) is 0 Å². The molecule has 2 aromatic heterocycles. The molecule has 0 N–H and O–H groups in total. The van der Waals surface area contributed by atoms with E-state index in [1.54, 1.807) is 0 Å². The maximum absolute atomic E-state index is 6.34. The van der Waals surface area contributed by atoms with Gasteiger partial charge in [-0.25, -0.2) is 0 Å². The van der Waals surface area contributed by atoms with E-state index in [2.05, 4.69) is 162 Å². The van der Waals surface area contributed by atoms with Crippen LogP contribution in [-0.4, -0.2) is 4.57 Å². The fraction of sp³-hybridized carbons (Fsp3) is 0. The summed E-state index contributed by atoms with van der Waals surface area (Å²) in [5.41, 5.74) is 10.3. The molecule has 0 fully saturated rings. The SMILES string of the molecule is c1ccc(-n2c3ccccc3c3cc(-c4c5ccccc5c(-c5cccc6oc7ccccc7c56)c5ccccc45)ccc32)cc1. The number of hydrogen-bond acceptors (Lipinski definition) is 1. The largest absolute Gasteiger partial charge is 0.456 e. The van der Waals surface area contributed by atoms with Crippen LogP contribution in [0.4, 0.5) is 0 Å². The van der Waals surface area contributed by atoms with Crippen LogP contribution in [0.5, 0.6) is 0 Å². The van der Waals surface area contributed by atoms with Gasteiger partial charge in [-0.15, -0.1) is 0 Å². The number of rotatable bonds is 3. The van der Waals surface area contributed by atoms with Crippen LogP contribution in [0.25, 0.3) is 93.2 Å². The van der Waals surface area contributed by atoms with Crippen molar-refractivity contribution >= 4 is 65.3 Å². The van der Waals surface area contributed by atoms with E-state index in [1.165, 1.54) is 71.3 Å². The third-order valence-electron chi connectivity index (χ3n) is 9.58. The summed E-state index contributed by atoms with van der Waals surface area (Å²) in [5, 5.41) is 9.78. The van der Waals surface area contributed by atoms with Crippen LogP contribution in [0.2, 0.25) is 0 Å². The Morgan fingerprint density at radius 2 is 0.935 bits per heavy atom. The van der Waals surface area contributed by atoms with E-state index in [-0.39, 0.29) is 0 Å². The van der Waals surface area contributed by atoms with Gasteiger partial charge in [0.2, 0.25) is 0 Å². The van der Waals surface area contributed by atoms with Crippen molar-refractivity contribution in [3.63, 3.8) is 0 Å². The van der Waals surface area contributed by atoms with Gasteiger partial charge in [0.25, 0.3) is 0 Å². The van der Waals surface area contributed by atoms with Crippen molar-refractivity contribution in [2.24, 2.45) is 0 Å². The molecule has 0 aliphatic heterocycles. The summed E-state index contributed by atoms with van der Waals surface area (Å²) >= 11 is 0. The van der Waals surface area contributed by atoms with Gasteiger partial charge in [0.15, 0.2) is 0 Å². The van der Waals surface area contributed by atoms with Crippen molar-refractivity contribution in [2.45, 2.75) is 0 Å². The minimum Gasteiger partial charge on any atom is -0.456 e. The molecule has 0 unspecified atom stereocenters. The first-order valence-electron chi connectivity index (χ1n) is 15.8. The molecule has 0 bridgehead atoms. The third-order valence-corrected chi connectivity index (χ3v) is 9.58. The average molecular weight is 586 g/mol. The zero-order chi connectivity index (χ0) is 30.2. The summed E-state index contributed by atoms with van der Waals surface area (Å²) in [6.07, 6.45) is 0. The lowest BCUT2D eigenvalue weighted by molar-refractivity contribution is 0.669. The molecule has 2 heteroatoms. The summed E-state index contributed by atoms with van der Waals surface area (Å²) in [6.45, 7) is 0. The summed E-state index contributed by atoms with van der Waals surface area (Å²) in [7, 11) is 0. The molecular weight excluding hydrogens is 558 g/mol. The second-order valence-electron chi connectivity index (χ2n) is 12.0. The first-order chi connectivity index (χ1) is 22.8. The molecule has 46 heavy (non-hydrogen) atoms. The van der Waals surface area contributed by atoms with Gasteiger partial charge in [-0.2, -0.15) is 0 Å². The number of hydrogen-bond donors (Lipinski definition) is 0. The van der Waals surface area contributed by atoms with E-state index in [0.29, 0.717) is 0 Å². The molecule has 2 nitrogen and oxygen atoms in total. The first-order valence-corrected chi connectivity index (χ1v) is 15.8. The van der Waals surface area contributed by atoms with Gasteiger partial charge in [-0.3, -0.25) is 0 Å². The predicted octanol–water partition coefficient (Wildman–Crippen LogP) is 12.3. The topological polar surface area (TPSA) is 18.1 Å². The predicted molar refractivity (Wildman–Crippen MR) is 194 cm³/mol. The van der Waals surface area contributed by atoms with E-state index in [1.807, 2.05) is 6.07 Å². The quantitative estimate of drug-likeness (QED) is 0.189. The lowest BCUT2D eigenvalue weighted by Crippen LogP contribution is -1.93. The van der Waals surface area contributed by atoms with Crippen LogP contribution in [0.3, 0.4) is 0 Å². The lowest BCUT2D eigenvalue weighted by atomic mass is 9.84. The molecule has 0 saturated heterocycles. The van der Waals surface area contributed by atoms with Crippen LogP contribution in [0.1, 0.15) is 0 Å². The Labute approximate surface area is 265 Å². The second kappa shape index (κ2) is 9.69. The van der Waals surface area contributed by atoms with Gasteiger partial charge in [0, 0.05) is 27.2 Å². The van der Waals surface area contributed by atoms with Crippen LogP contribution in [-0.2, 0) is 0 Å². The highest BCUT2D eigenvalue weighted by atomic mass is 16.3. The third kappa shape index (κ3) is 3.53. The minimum absolute atomic E-state index is 0.913. The molecule has 2 heterocycles. The normalized spacial score (nSPS) is 11.9. The van der Waals surface area contributed by atoms with E-state index < -0.39 is 0 Å². The van der Waals surface area contributed by atoms with Crippen molar-refractivity contribution in [2.75, 3.05) is 0 Å². The van der Waals surface area contributed by atoms with E-state index in [9.17, 15) is 0 Å². The highest BCUT2D eigenvalue weighted by Crippen LogP contribution is 2.47. The van der Waals surface area contributed by atoms with Gasteiger partial charge >= 0.3 is 0 Å². The highest BCUT2D eigenvalue weighted by molar-refractivity contribution is 6.26. The van der Waals surface area contributed by atoms with E-state index in [4.69, 9.17) is 4.42 Å². The molecule has 0 aliphatic carbocycles. The lowest BCUT2D eigenvalue weighted by Gasteiger charge is -2.18. The maximum Gasteiger partial charge on any atom is 0.136 e. The zero-order valence-electron chi connectivity index (χ0n) is 24.9. The molecule has 10 rings (SSSR count). The van der Waals surface area contributed by atoms with Gasteiger partial charge in [-0.1, -0.05) is 121 Å². The molecule has 8 aromatic carbocycles. The molecule has 10 aromatic rings. The van der Waals surface area contributed by atoms with Gasteiger partial charge < -0.3 is 8.98 Å². The standard InChI is InChI=1S/C44H27NO/c1-2-13-29(14-3-1)45-38-22-10-8-15-30(38)37-27-28(25-26-39(37)45)42-31-16-4-6-18-33(31)43(34-19-7-5-17-32(34)42)36-21-12-24-41-44(36)35-20-9-11-23-40(35)46-41/h1-27H. The fourth-order valence-electron chi connectivity index (χ4n) is 7.70. The highest BCUT2D eigenvalue weighted by Gasteiger charge is 2.21.